The van der Waals surface area contributed by atoms with Crippen LogP contribution in [0.2, 0.25) is 0 Å². The van der Waals surface area contributed by atoms with Crippen molar-refractivity contribution in [1.29, 1.82) is 0 Å². The third kappa shape index (κ3) is 2.98. The van der Waals surface area contributed by atoms with Gasteiger partial charge in [-0.25, -0.2) is 8.42 Å². The Hall–Kier alpha value is -1.33. The Balaban J connectivity index is 2.41. The summed E-state index contributed by atoms with van der Waals surface area (Å²) in [5, 5.41) is 0. The minimum Gasteiger partial charge on any atom is -0.334 e. The number of rotatable bonds is 3. The van der Waals surface area contributed by atoms with Crippen molar-refractivity contribution < 1.29 is 13.2 Å². The fourth-order valence-electron chi connectivity index (χ4n) is 2.13. The lowest BCUT2D eigenvalue weighted by molar-refractivity contribution is 0.0754. The SMILES string of the molecule is C=C(C)CN1CCc2ccc(S(=O)(=O)Cl)cc2C1=O. The second kappa shape index (κ2) is 4.98. The van der Waals surface area contributed by atoms with Gasteiger partial charge in [0.1, 0.15) is 0 Å². The highest BCUT2D eigenvalue weighted by atomic mass is 35.7. The van der Waals surface area contributed by atoms with Gasteiger partial charge in [-0.3, -0.25) is 4.79 Å². The van der Waals surface area contributed by atoms with Crippen LogP contribution < -0.4 is 0 Å². The standard InChI is InChI=1S/C13H14ClNO3S/c1-9(2)8-15-6-5-10-3-4-11(19(14,17)18)7-12(10)13(15)16/h3-4,7H,1,5-6,8H2,2H3. The van der Waals surface area contributed by atoms with Crippen molar-refractivity contribution in [3.05, 3.63) is 41.5 Å². The van der Waals surface area contributed by atoms with Crippen LogP contribution in [0.1, 0.15) is 22.8 Å². The van der Waals surface area contributed by atoms with Crippen LogP contribution in [0.25, 0.3) is 0 Å². The van der Waals surface area contributed by atoms with Crippen LogP contribution in [-0.4, -0.2) is 32.3 Å². The van der Waals surface area contributed by atoms with Crippen LogP contribution in [-0.2, 0) is 15.5 Å². The maximum atomic E-state index is 12.3. The van der Waals surface area contributed by atoms with Crippen LogP contribution in [0.4, 0.5) is 0 Å². The molecule has 1 aromatic carbocycles. The lowest BCUT2D eigenvalue weighted by Crippen LogP contribution is -2.38. The maximum Gasteiger partial charge on any atom is 0.261 e. The van der Waals surface area contributed by atoms with Crippen molar-refractivity contribution in [3.8, 4) is 0 Å². The summed E-state index contributed by atoms with van der Waals surface area (Å²) in [6.07, 6.45) is 0.705. The fourth-order valence-corrected chi connectivity index (χ4v) is 2.91. The third-order valence-electron chi connectivity index (χ3n) is 2.99. The van der Waals surface area contributed by atoms with E-state index < -0.39 is 9.05 Å². The molecule has 0 radical (unpaired) electrons. The highest BCUT2D eigenvalue weighted by Gasteiger charge is 2.25. The maximum absolute atomic E-state index is 12.3. The highest BCUT2D eigenvalue weighted by Crippen LogP contribution is 2.24. The van der Waals surface area contributed by atoms with E-state index in [9.17, 15) is 13.2 Å². The number of nitrogens with zero attached hydrogens (tertiary/aromatic N) is 1. The van der Waals surface area contributed by atoms with Crippen LogP contribution in [0, 0.1) is 0 Å². The molecule has 6 heteroatoms. The molecule has 0 unspecified atom stereocenters. The Kier molecular flexibility index (Phi) is 3.69. The number of carbonyl (C=O) groups is 1. The van der Waals surface area contributed by atoms with Crippen molar-refractivity contribution in [2.45, 2.75) is 18.2 Å². The number of benzene rings is 1. The minimum atomic E-state index is -3.82. The van der Waals surface area contributed by atoms with Gasteiger partial charge in [0.05, 0.1) is 4.90 Å². The van der Waals surface area contributed by atoms with Gasteiger partial charge in [-0.15, -0.1) is 0 Å². The van der Waals surface area contributed by atoms with Gasteiger partial charge in [0.15, 0.2) is 0 Å². The van der Waals surface area contributed by atoms with Gasteiger partial charge in [-0.05, 0) is 31.0 Å². The van der Waals surface area contributed by atoms with Crippen molar-refractivity contribution in [3.63, 3.8) is 0 Å². The van der Waals surface area contributed by atoms with Gasteiger partial charge in [-0.1, -0.05) is 18.2 Å². The highest BCUT2D eigenvalue weighted by molar-refractivity contribution is 8.13. The molecule has 0 aliphatic carbocycles. The first kappa shape index (κ1) is 14.1. The molecule has 0 spiro atoms. The summed E-state index contributed by atoms with van der Waals surface area (Å²) in [6.45, 7) is 6.73. The van der Waals surface area contributed by atoms with Gasteiger partial charge in [0.2, 0.25) is 0 Å². The van der Waals surface area contributed by atoms with Crippen LogP contribution >= 0.6 is 10.7 Å². The van der Waals surface area contributed by atoms with Gasteiger partial charge < -0.3 is 4.90 Å². The smallest absolute Gasteiger partial charge is 0.261 e. The summed E-state index contributed by atoms with van der Waals surface area (Å²) >= 11 is 0. The van der Waals surface area contributed by atoms with Crippen LogP contribution in [0.15, 0.2) is 35.2 Å². The molecule has 0 aromatic heterocycles. The molecule has 1 amide bonds. The molecule has 0 saturated carbocycles. The average Bonchev–Trinajstić information content (AvgIpc) is 2.31. The average molecular weight is 300 g/mol. The molecule has 0 saturated heterocycles. The molecular weight excluding hydrogens is 286 g/mol. The Labute approximate surface area is 117 Å². The quantitative estimate of drug-likeness (QED) is 0.635. The summed E-state index contributed by atoms with van der Waals surface area (Å²) < 4.78 is 22.6. The Morgan fingerprint density at radius 3 is 2.74 bits per heavy atom. The molecule has 1 aromatic rings. The van der Waals surface area contributed by atoms with Gasteiger partial charge in [-0.2, -0.15) is 0 Å². The number of carbonyl (C=O) groups excluding carboxylic acids is 1. The first-order valence-corrected chi connectivity index (χ1v) is 8.11. The Morgan fingerprint density at radius 1 is 1.47 bits per heavy atom. The largest absolute Gasteiger partial charge is 0.334 e. The second-order valence-corrected chi connectivity index (χ2v) is 7.26. The van der Waals surface area contributed by atoms with Gasteiger partial charge in [0, 0.05) is 29.3 Å². The number of hydrogen-bond donors (Lipinski definition) is 0. The summed E-state index contributed by atoms with van der Waals surface area (Å²) in [7, 11) is 1.49. The topological polar surface area (TPSA) is 54.5 Å². The first-order chi connectivity index (χ1) is 8.79. The van der Waals surface area contributed by atoms with E-state index in [4.69, 9.17) is 10.7 Å². The second-order valence-electron chi connectivity index (χ2n) is 4.69. The van der Waals surface area contributed by atoms with Crippen molar-refractivity contribution >= 4 is 25.6 Å². The monoisotopic (exact) mass is 299 g/mol. The minimum absolute atomic E-state index is 0.0431. The van der Waals surface area contributed by atoms with E-state index in [1.54, 1.807) is 11.0 Å². The lowest BCUT2D eigenvalue weighted by atomic mass is 9.99. The molecule has 1 aliphatic rings. The molecule has 1 aliphatic heterocycles. The fraction of sp³-hybridized carbons (Fsp3) is 0.308. The summed E-state index contributed by atoms with van der Waals surface area (Å²) in [6, 6.07) is 4.44. The molecule has 19 heavy (non-hydrogen) atoms. The molecule has 0 N–H and O–H groups in total. The lowest BCUT2D eigenvalue weighted by Gasteiger charge is -2.28. The van der Waals surface area contributed by atoms with Crippen LogP contribution in [0.5, 0.6) is 0 Å². The predicted molar refractivity (Wildman–Crippen MR) is 73.9 cm³/mol. The molecule has 0 bridgehead atoms. The zero-order valence-electron chi connectivity index (χ0n) is 10.5. The zero-order chi connectivity index (χ0) is 14.2. The molecule has 0 atom stereocenters. The number of amides is 1. The summed E-state index contributed by atoms with van der Waals surface area (Å²) in [5.41, 5.74) is 2.15. The zero-order valence-corrected chi connectivity index (χ0v) is 12.1. The van der Waals surface area contributed by atoms with Crippen molar-refractivity contribution in [2.75, 3.05) is 13.1 Å². The van der Waals surface area contributed by atoms with E-state index in [1.165, 1.54) is 12.1 Å². The molecule has 1 heterocycles. The normalized spacial score (nSPS) is 15.3. The summed E-state index contributed by atoms with van der Waals surface area (Å²) in [4.78, 5) is 13.9. The Morgan fingerprint density at radius 2 is 2.16 bits per heavy atom. The van der Waals surface area contributed by atoms with E-state index in [0.29, 0.717) is 25.1 Å². The van der Waals surface area contributed by atoms with Gasteiger partial charge in [0.25, 0.3) is 15.0 Å². The number of hydrogen-bond acceptors (Lipinski definition) is 3. The predicted octanol–water partition coefficient (Wildman–Crippen LogP) is 2.19. The molecule has 102 valence electrons. The van der Waals surface area contributed by atoms with Crippen molar-refractivity contribution in [1.82, 2.24) is 4.90 Å². The number of fused-ring (bicyclic) bond motifs is 1. The molecule has 0 fully saturated rings. The van der Waals surface area contributed by atoms with E-state index >= 15 is 0 Å². The van der Waals surface area contributed by atoms with E-state index in [1.807, 2.05) is 6.92 Å². The van der Waals surface area contributed by atoms with E-state index in [0.717, 1.165) is 11.1 Å². The van der Waals surface area contributed by atoms with Crippen molar-refractivity contribution in [2.24, 2.45) is 0 Å². The van der Waals surface area contributed by atoms with Crippen LogP contribution in [0.3, 0.4) is 0 Å². The first-order valence-electron chi connectivity index (χ1n) is 5.80. The molecule has 4 nitrogen and oxygen atoms in total. The molecule has 2 rings (SSSR count). The third-order valence-corrected chi connectivity index (χ3v) is 4.34. The van der Waals surface area contributed by atoms with Gasteiger partial charge >= 0.3 is 0 Å². The summed E-state index contributed by atoms with van der Waals surface area (Å²) in [5.74, 6) is -0.175. The number of halogens is 1. The Bertz CT molecular complexity index is 652. The van der Waals surface area contributed by atoms with E-state index in [-0.39, 0.29) is 10.8 Å². The van der Waals surface area contributed by atoms with E-state index in [2.05, 4.69) is 6.58 Å². The molecular formula is C13H14ClNO3S.